The molecule has 0 aliphatic carbocycles. The second-order valence-corrected chi connectivity index (χ2v) is 8.13. The Morgan fingerprint density at radius 1 is 1.10 bits per heavy atom. The molecule has 1 aliphatic heterocycles. The summed E-state index contributed by atoms with van der Waals surface area (Å²) in [4.78, 5) is 12.6. The molecule has 1 aliphatic rings. The quantitative estimate of drug-likeness (QED) is 0.538. The lowest BCUT2D eigenvalue weighted by Crippen LogP contribution is -2.23. The molecule has 0 bridgehead atoms. The lowest BCUT2D eigenvalue weighted by atomic mass is 9.95. The molecule has 5 nitrogen and oxygen atoms in total. The molecule has 1 N–H and O–H groups in total. The molecule has 0 saturated carbocycles. The Balaban J connectivity index is 1.78. The molecule has 3 aromatic rings. The number of ether oxygens (including phenoxy) is 1. The zero-order chi connectivity index (χ0) is 21.6. The Kier molecular flexibility index (Phi) is 5.09. The lowest BCUT2D eigenvalue weighted by molar-refractivity contribution is -0.274. The first kappa shape index (κ1) is 20.5. The summed E-state index contributed by atoms with van der Waals surface area (Å²) in [5, 5.41) is 7.46. The molecule has 4 rings (SSSR count). The normalized spacial score (nSPS) is 16.0. The Morgan fingerprint density at radius 2 is 1.73 bits per heavy atom. The summed E-state index contributed by atoms with van der Waals surface area (Å²) in [6.07, 6.45) is -4.76. The molecule has 30 heavy (non-hydrogen) atoms. The molecule has 0 spiro atoms. The van der Waals surface area contributed by atoms with Crippen LogP contribution in [0.2, 0.25) is 0 Å². The highest BCUT2D eigenvalue weighted by atomic mass is 79.9. The van der Waals surface area contributed by atoms with Crippen molar-refractivity contribution in [2.24, 2.45) is 0 Å². The molecule has 1 amide bonds. The predicted octanol–water partition coefficient (Wildman–Crippen LogP) is 5.49. The van der Waals surface area contributed by atoms with Gasteiger partial charge in [-0.3, -0.25) is 4.79 Å². The summed E-state index contributed by atoms with van der Waals surface area (Å²) < 4.78 is 43.8. The average molecular weight is 480 g/mol. The molecule has 1 unspecified atom stereocenters. The minimum Gasteiger partial charge on any atom is -0.406 e. The number of hydrogen-bond acceptors (Lipinski definition) is 3. The van der Waals surface area contributed by atoms with Gasteiger partial charge in [0.15, 0.2) is 5.69 Å². The molecule has 1 aromatic heterocycles. The molecule has 156 valence electrons. The van der Waals surface area contributed by atoms with E-state index in [2.05, 4.69) is 31.1 Å². The standard InChI is InChI=1S/C21H17BrF3N3O2/c1-11(2)19-16-17(12-3-5-13(22)6-4-12)26-20(29)18(16)27-28(19)14-7-9-15(10-8-14)30-21(23,24)25/h3-11,17H,1-2H3,(H,26,29). The molecule has 0 radical (unpaired) electrons. The first-order valence-electron chi connectivity index (χ1n) is 9.19. The summed E-state index contributed by atoms with van der Waals surface area (Å²) in [5.41, 5.74) is 3.39. The van der Waals surface area contributed by atoms with Gasteiger partial charge in [-0.05, 0) is 47.9 Å². The number of amides is 1. The Morgan fingerprint density at radius 3 is 2.30 bits per heavy atom. The van der Waals surface area contributed by atoms with Crippen LogP contribution in [0.3, 0.4) is 0 Å². The summed E-state index contributed by atoms with van der Waals surface area (Å²) in [5.74, 6) is -0.587. The third-order valence-corrected chi connectivity index (χ3v) is 5.33. The number of rotatable bonds is 4. The van der Waals surface area contributed by atoms with Gasteiger partial charge in [0, 0.05) is 10.0 Å². The third kappa shape index (κ3) is 3.81. The summed E-state index contributed by atoms with van der Waals surface area (Å²) in [6.45, 7) is 3.97. The van der Waals surface area contributed by atoms with Gasteiger partial charge in [-0.2, -0.15) is 5.10 Å². The topological polar surface area (TPSA) is 56.2 Å². The van der Waals surface area contributed by atoms with Gasteiger partial charge < -0.3 is 10.1 Å². The average Bonchev–Trinajstić information content (AvgIpc) is 3.20. The number of alkyl halides is 3. The van der Waals surface area contributed by atoms with Crippen LogP contribution < -0.4 is 10.1 Å². The summed E-state index contributed by atoms with van der Waals surface area (Å²) in [7, 11) is 0. The number of fused-ring (bicyclic) bond motifs is 1. The van der Waals surface area contributed by atoms with Crippen molar-refractivity contribution in [2.45, 2.75) is 32.2 Å². The van der Waals surface area contributed by atoms with Crippen molar-refractivity contribution in [1.82, 2.24) is 15.1 Å². The fourth-order valence-corrected chi connectivity index (χ4v) is 3.88. The molecule has 0 fully saturated rings. The van der Waals surface area contributed by atoms with Crippen LogP contribution in [-0.2, 0) is 0 Å². The maximum Gasteiger partial charge on any atom is 0.573 e. The van der Waals surface area contributed by atoms with Crippen LogP contribution in [0.25, 0.3) is 5.69 Å². The minimum absolute atomic E-state index is 0.0120. The largest absolute Gasteiger partial charge is 0.573 e. The maximum atomic E-state index is 12.6. The van der Waals surface area contributed by atoms with E-state index >= 15 is 0 Å². The van der Waals surface area contributed by atoms with Crippen molar-refractivity contribution >= 4 is 21.8 Å². The van der Waals surface area contributed by atoms with Gasteiger partial charge in [-0.1, -0.05) is 41.9 Å². The Bertz CT molecular complexity index is 1090. The number of halogens is 4. The van der Waals surface area contributed by atoms with Gasteiger partial charge in [0.25, 0.3) is 5.91 Å². The van der Waals surface area contributed by atoms with Crippen molar-refractivity contribution < 1.29 is 22.7 Å². The van der Waals surface area contributed by atoms with E-state index in [9.17, 15) is 18.0 Å². The molecule has 1 atom stereocenters. The Labute approximate surface area is 179 Å². The van der Waals surface area contributed by atoms with Gasteiger partial charge in [-0.15, -0.1) is 13.2 Å². The number of carbonyl (C=O) groups excluding carboxylic acids is 1. The van der Waals surface area contributed by atoms with Crippen molar-refractivity contribution in [2.75, 3.05) is 0 Å². The van der Waals surface area contributed by atoms with Crippen molar-refractivity contribution in [3.8, 4) is 11.4 Å². The maximum absolute atomic E-state index is 12.6. The highest BCUT2D eigenvalue weighted by Crippen LogP contribution is 2.38. The van der Waals surface area contributed by atoms with Gasteiger partial charge >= 0.3 is 6.36 Å². The molecule has 2 heterocycles. The minimum atomic E-state index is -4.76. The van der Waals surface area contributed by atoms with Crippen LogP contribution in [0.15, 0.2) is 53.0 Å². The van der Waals surface area contributed by atoms with Crippen LogP contribution >= 0.6 is 15.9 Å². The lowest BCUT2D eigenvalue weighted by Gasteiger charge is -2.18. The second kappa shape index (κ2) is 7.46. The van der Waals surface area contributed by atoms with Crippen LogP contribution in [0.4, 0.5) is 13.2 Å². The third-order valence-electron chi connectivity index (χ3n) is 4.80. The van der Waals surface area contributed by atoms with E-state index in [-0.39, 0.29) is 23.6 Å². The van der Waals surface area contributed by atoms with Crippen molar-refractivity contribution in [3.05, 3.63) is 75.5 Å². The number of nitrogens with zero attached hydrogens (tertiary/aromatic N) is 2. The highest BCUT2D eigenvalue weighted by Gasteiger charge is 2.38. The van der Waals surface area contributed by atoms with Crippen molar-refractivity contribution in [3.63, 3.8) is 0 Å². The van der Waals surface area contributed by atoms with E-state index in [0.717, 1.165) is 21.3 Å². The van der Waals surface area contributed by atoms with Gasteiger partial charge in [0.1, 0.15) is 5.75 Å². The number of nitrogens with one attached hydrogen (secondary N) is 1. The molecular formula is C21H17BrF3N3O2. The van der Waals surface area contributed by atoms with Crippen LogP contribution in [0.5, 0.6) is 5.75 Å². The number of carbonyl (C=O) groups is 1. The van der Waals surface area contributed by atoms with Crippen molar-refractivity contribution in [1.29, 1.82) is 0 Å². The molecule has 9 heteroatoms. The zero-order valence-corrected chi connectivity index (χ0v) is 17.6. The second-order valence-electron chi connectivity index (χ2n) is 7.21. The SMILES string of the molecule is CC(C)c1c2c(nn1-c1ccc(OC(F)(F)F)cc1)C(=O)NC2c1ccc(Br)cc1. The van der Waals surface area contributed by atoms with E-state index < -0.39 is 6.36 Å². The Hall–Kier alpha value is -2.81. The highest BCUT2D eigenvalue weighted by molar-refractivity contribution is 9.10. The monoisotopic (exact) mass is 479 g/mol. The first-order chi connectivity index (χ1) is 14.1. The van der Waals surface area contributed by atoms with Gasteiger partial charge in [0.05, 0.1) is 17.4 Å². The number of aromatic nitrogens is 2. The van der Waals surface area contributed by atoms with E-state index in [4.69, 9.17) is 0 Å². The van der Waals surface area contributed by atoms with E-state index in [1.54, 1.807) is 4.68 Å². The van der Waals surface area contributed by atoms with E-state index in [1.165, 1.54) is 24.3 Å². The number of hydrogen-bond donors (Lipinski definition) is 1. The first-order valence-corrected chi connectivity index (χ1v) is 9.98. The fraction of sp³-hybridized carbons (Fsp3) is 0.238. The van der Waals surface area contributed by atoms with Crippen LogP contribution in [0.1, 0.15) is 53.1 Å². The van der Waals surface area contributed by atoms with E-state index in [1.807, 2.05) is 38.1 Å². The van der Waals surface area contributed by atoms with Gasteiger partial charge in [0.2, 0.25) is 0 Å². The predicted molar refractivity (Wildman–Crippen MR) is 108 cm³/mol. The summed E-state index contributed by atoms with van der Waals surface area (Å²) >= 11 is 3.41. The van der Waals surface area contributed by atoms with E-state index in [0.29, 0.717) is 11.4 Å². The summed E-state index contributed by atoms with van der Waals surface area (Å²) in [6, 6.07) is 12.7. The van der Waals surface area contributed by atoms with Crippen LogP contribution in [-0.4, -0.2) is 22.1 Å². The fourth-order valence-electron chi connectivity index (χ4n) is 3.61. The zero-order valence-electron chi connectivity index (χ0n) is 16.0. The molecule has 2 aromatic carbocycles. The van der Waals surface area contributed by atoms with Gasteiger partial charge in [-0.25, -0.2) is 4.68 Å². The molecule has 0 saturated heterocycles. The van der Waals surface area contributed by atoms with Crippen LogP contribution in [0, 0.1) is 0 Å². The number of benzene rings is 2. The smallest absolute Gasteiger partial charge is 0.406 e. The molecular weight excluding hydrogens is 463 g/mol.